The van der Waals surface area contributed by atoms with Crippen molar-refractivity contribution in [3.05, 3.63) is 66.0 Å². The van der Waals surface area contributed by atoms with Gasteiger partial charge in [0.15, 0.2) is 11.6 Å². The summed E-state index contributed by atoms with van der Waals surface area (Å²) in [5.74, 6) is -4.15. The van der Waals surface area contributed by atoms with Crippen LogP contribution in [0.2, 0.25) is 0 Å². The normalized spacial score (nSPS) is 13.1. The van der Waals surface area contributed by atoms with Crippen molar-refractivity contribution in [2.75, 3.05) is 38.1 Å². The summed E-state index contributed by atoms with van der Waals surface area (Å²) in [6.07, 6.45) is -1.76. The monoisotopic (exact) mass is 561 g/mol. The molecule has 0 bridgehead atoms. The van der Waals surface area contributed by atoms with Gasteiger partial charge in [-0.2, -0.15) is 0 Å². The summed E-state index contributed by atoms with van der Waals surface area (Å²) >= 11 is 0. The van der Waals surface area contributed by atoms with E-state index >= 15 is 0 Å². The van der Waals surface area contributed by atoms with Crippen molar-refractivity contribution in [2.24, 2.45) is 17.4 Å². The molecule has 12 heteroatoms. The number of amides is 3. The van der Waals surface area contributed by atoms with E-state index in [9.17, 15) is 28.3 Å². The van der Waals surface area contributed by atoms with E-state index in [1.165, 1.54) is 48.2 Å². The maximum Gasteiger partial charge on any atom is 0.250 e. The van der Waals surface area contributed by atoms with E-state index in [4.69, 9.17) is 16.2 Å². The number of carbonyl (C=O) groups is 3. The van der Waals surface area contributed by atoms with Crippen LogP contribution in [0, 0.1) is 11.7 Å². The Hall–Kier alpha value is -3.87. The fourth-order valence-corrected chi connectivity index (χ4v) is 3.86. The Balaban J connectivity index is 2.28. The number of ether oxygens (including phenoxy) is 1. The van der Waals surface area contributed by atoms with E-state index in [2.05, 4.69) is 17.2 Å². The number of anilines is 1. The molecular weight excluding hydrogens is 524 g/mol. The number of nitrogens with one attached hydrogen (secondary N) is 2. The molecule has 0 aromatic heterocycles. The van der Waals surface area contributed by atoms with E-state index in [0.29, 0.717) is 0 Å². The number of halogens is 2. The molecule has 0 saturated carbocycles. The Morgan fingerprint density at radius 1 is 1.07 bits per heavy atom. The molecule has 10 nitrogen and oxygen atoms in total. The highest BCUT2D eigenvalue weighted by Crippen LogP contribution is 2.24. The van der Waals surface area contributed by atoms with Crippen LogP contribution in [0.5, 0.6) is 5.75 Å². The summed E-state index contributed by atoms with van der Waals surface area (Å²) < 4.78 is 33.0. The van der Waals surface area contributed by atoms with Crippen LogP contribution in [0.4, 0.5) is 14.5 Å². The van der Waals surface area contributed by atoms with Crippen LogP contribution in [-0.4, -0.2) is 66.6 Å². The number of carbonyl (C=O) groups excluding carboxylic acids is 3. The summed E-state index contributed by atoms with van der Waals surface area (Å²) in [6, 6.07) is 7.74. The Morgan fingerprint density at radius 2 is 1.70 bits per heavy atom. The van der Waals surface area contributed by atoms with Crippen molar-refractivity contribution in [1.29, 1.82) is 0 Å². The average Bonchev–Trinajstić information content (AvgIpc) is 2.92. The topological polar surface area (TPSA) is 160 Å². The zero-order chi connectivity index (χ0) is 29.8. The van der Waals surface area contributed by atoms with Gasteiger partial charge in [-0.3, -0.25) is 14.4 Å². The first-order valence-electron chi connectivity index (χ1n) is 12.9. The zero-order valence-corrected chi connectivity index (χ0v) is 22.7. The molecule has 7 N–H and O–H groups in total. The molecule has 3 amide bonds. The highest BCUT2D eigenvalue weighted by Gasteiger charge is 2.32. The third kappa shape index (κ3) is 9.11. The van der Waals surface area contributed by atoms with E-state index in [1.54, 1.807) is 6.92 Å². The Labute approximate surface area is 232 Å². The maximum atomic E-state index is 14.3. The average molecular weight is 562 g/mol. The number of aliphatic hydroxyl groups excluding tert-OH is 1. The van der Waals surface area contributed by atoms with Gasteiger partial charge in [-0.05, 0) is 24.6 Å². The van der Waals surface area contributed by atoms with Crippen molar-refractivity contribution in [2.45, 2.75) is 32.4 Å². The van der Waals surface area contributed by atoms with Crippen molar-refractivity contribution in [1.82, 2.24) is 10.2 Å². The first-order chi connectivity index (χ1) is 19.0. The minimum absolute atomic E-state index is 0.00302. The van der Waals surface area contributed by atoms with Crippen LogP contribution in [0.25, 0.3) is 5.83 Å². The highest BCUT2D eigenvalue weighted by molar-refractivity contribution is 5.98. The third-order valence-corrected chi connectivity index (χ3v) is 6.04. The predicted octanol–water partition coefficient (Wildman–Crippen LogP) is 2.09. The van der Waals surface area contributed by atoms with Crippen LogP contribution in [0.1, 0.15) is 37.5 Å². The van der Waals surface area contributed by atoms with E-state index in [0.717, 1.165) is 6.07 Å². The van der Waals surface area contributed by atoms with Gasteiger partial charge >= 0.3 is 0 Å². The van der Waals surface area contributed by atoms with Gasteiger partial charge in [0, 0.05) is 55.8 Å². The first kappa shape index (κ1) is 32.3. The molecule has 0 fully saturated rings. The molecule has 0 spiro atoms. The number of hydrogen-bond acceptors (Lipinski definition) is 7. The van der Waals surface area contributed by atoms with E-state index in [-0.39, 0.29) is 67.7 Å². The number of nitrogens with two attached hydrogens (primary N) is 2. The number of rotatable bonds is 15. The van der Waals surface area contributed by atoms with Crippen LogP contribution >= 0.6 is 0 Å². The molecule has 2 aromatic rings. The molecule has 0 heterocycles. The van der Waals surface area contributed by atoms with Crippen LogP contribution in [-0.2, 0) is 14.4 Å². The number of aliphatic hydroxyl groups is 1. The van der Waals surface area contributed by atoms with Crippen LogP contribution in [0.3, 0.4) is 0 Å². The molecule has 218 valence electrons. The van der Waals surface area contributed by atoms with Gasteiger partial charge in [0.05, 0.1) is 6.61 Å². The molecule has 0 saturated heterocycles. The van der Waals surface area contributed by atoms with Gasteiger partial charge in [0.2, 0.25) is 17.7 Å². The van der Waals surface area contributed by atoms with Crippen LogP contribution < -0.4 is 26.8 Å². The second-order valence-corrected chi connectivity index (χ2v) is 9.09. The molecule has 0 radical (unpaired) electrons. The van der Waals surface area contributed by atoms with Crippen molar-refractivity contribution < 1.29 is 33.0 Å². The Bertz CT molecular complexity index is 1170. The summed E-state index contributed by atoms with van der Waals surface area (Å²) in [7, 11) is 0. The Kier molecular flexibility index (Phi) is 12.7. The van der Waals surface area contributed by atoms with Gasteiger partial charge in [0.25, 0.3) is 0 Å². The zero-order valence-electron chi connectivity index (χ0n) is 22.7. The molecule has 0 aliphatic carbocycles. The lowest BCUT2D eigenvalue weighted by molar-refractivity contribution is -0.137. The van der Waals surface area contributed by atoms with Crippen LogP contribution in [0.15, 0.2) is 49.0 Å². The highest BCUT2D eigenvalue weighted by atomic mass is 19.1. The largest absolute Gasteiger partial charge is 0.491 e. The minimum Gasteiger partial charge on any atom is -0.491 e. The van der Waals surface area contributed by atoms with Gasteiger partial charge in [-0.1, -0.05) is 37.8 Å². The molecule has 2 rings (SSSR count). The lowest BCUT2D eigenvalue weighted by Crippen LogP contribution is -2.50. The fraction of sp³-hybridized carbons (Fsp3) is 0.393. The lowest BCUT2D eigenvalue weighted by Gasteiger charge is -2.26. The van der Waals surface area contributed by atoms with Crippen molar-refractivity contribution in [3.8, 4) is 5.75 Å². The molecule has 0 aliphatic rings. The minimum atomic E-state index is -1.58. The maximum absolute atomic E-state index is 14.3. The van der Waals surface area contributed by atoms with Gasteiger partial charge in [0.1, 0.15) is 18.0 Å². The number of benzene rings is 2. The molecule has 40 heavy (non-hydrogen) atoms. The molecule has 3 unspecified atom stereocenters. The van der Waals surface area contributed by atoms with E-state index in [1.807, 2.05) is 0 Å². The number of nitrogens with zero attached hydrogens (tertiary/aromatic N) is 1. The molecule has 2 aromatic carbocycles. The molecule has 0 aliphatic heterocycles. The lowest BCUT2D eigenvalue weighted by atomic mass is 9.98. The van der Waals surface area contributed by atoms with Gasteiger partial charge in [-0.25, -0.2) is 8.78 Å². The summed E-state index contributed by atoms with van der Waals surface area (Å²) in [4.78, 5) is 40.5. The molecular formula is C28H37F2N5O5. The van der Waals surface area contributed by atoms with Gasteiger partial charge in [-0.15, -0.1) is 0 Å². The number of hydrogen-bond donors (Lipinski definition) is 5. The van der Waals surface area contributed by atoms with Crippen molar-refractivity contribution in [3.63, 3.8) is 0 Å². The van der Waals surface area contributed by atoms with Crippen molar-refractivity contribution >= 4 is 29.2 Å². The smallest absolute Gasteiger partial charge is 0.250 e. The second-order valence-electron chi connectivity index (χ2n) is 9.09. The van der Waals surface area contributed by atoms with Gasteiger partial charge < -0.3 is 36.8 Å². The fourth-order valence-electron chi connectivity index (χ4n) is 3.86. The quantitative estimate of drug-likeness (QED) is 0.223. The SMILES string of the molecule is C=C(F)c1ccc(C(O)C(NC(=O)C(C)CC(=O)N(CCN)CCN)C(=O)Nc2ccc(OCC)c(F)c2)cc1. The molecule has 3 atom stereocenters. The third-order valence-electron chi connectivity index (χ3n) is 6.04. The predicted molar refractivity (Wildman–Crippen MR) is 148 cm³/mol. The summed E-state index contributed by atoms with van der Waals surface area (Å²) in [5.41, 5.74) is 11.5. The summed E-state index contributed by atoms with van der Waals surface area (Å²) in [5, 5.41) is 16.1. The standard InChI is InChI=1S/C28H37F2N5O5/c1-4-40-23-10-9-21(16-22(23)30)33-28(39)25(26(37)20-7-5-19(6-8-20)18(3)29)34-27(38)17(2)15-24(36)35(13-11-31)14-12-32/h5-10,16-17,25-26,37H,3-4,11-15,31-32H2,1-2H3,(H,33,39)(H,34,38). The second kappa shape index (κ2) is 15.7. The first-order valence-corrected chi connectivity index (χ1v) is 12.9. The van der Waals surface area contributed by atoms with E-state index < -0.39 is 41.5 Å². The summed E-state index contributed by atoms with van der Waals surface area (Å²) in [6.45, 7) is 7.65. The Morgan fingerprint density at radius 3 is 2.23 bits per heavy atom.